The maximum Gasteiger partial charge on any atom is 0.387 e. The van der Waals surface area contributed by atoms with Gasteiger partial charge in [0.15, 0.2) is 0 Å². The molecular formula is C18H19ClF2N2O2. The van der Waals surface area contributed by atoms with Crippen LogP contribution in [-0.2, 0) is 4.79 Å². The van der Waals surface area contributed by atoms with Gasteiger partial charge < -0.3 is 10.1 Å². The highest BCUT2D eigenvalue weighted by Gasteiger charge is 2.17. The molecule has 0 spiro atoms. The minimum atomic E-state index is -2.95. The summed E-state index contributed by atoms with van der Waals surface area (Å²) in [6.07, 6.45) is 0. The van der Waals surface area contributed by atoms with Crippen LogP contribution in [0.1, 0.15) is 18.5 Å². The van der Waals surface area contributed by atoms with Crippen LogP contribution in [-0.4, -0.2) is 31.0 Å². The highest BCUT2D eigenvalue weighted by molar-refractivity contribution is 6.30. The highest BCUT2D eigenvalue weighted by atomic mass is 35.5. The van der Waals surface area contributed by atoms with E-state index in [-0.39, 0.29) is 29.9 Å². The molecule has 0 aliphatic carbocycles. The molecule has 0 aromatic heterocycles. The Labute approximate surface area is 150 Å². The molecule has 1 N–H and O–H groups in total. The predicted octanol–water partition coefficient (Wildman–Crippen LogP) is 4.57. The summed E-state index contributed by atoms with van der Waals surface area (Å²) in [5.74, 6) is -0.395. The monoisotopic (exact) mass is 368 g/mol. The number of anilines is 1. The molecule has 0 aliphatic rings. The van der Waals surface area contributed by atoms with Gasteiger partial charge in [-0.3, -0.25) is 9.69 Å². The van der Waals surface area contributed by atoms with Crippen molar-refractivity contribution in [2.45, 2.75) is 19.6 Å². The van der Waals surface area contributed by atoms with E-state index in [1.165, 1.54) is 12.1 Å². The van der Waals surface area contributed by atoms with Crippen LogP contribution >= 0.6 is 11.6 Å². The number of hydrogen-bond donors (Lipinski definition) is 1. The van der Waals surface area contributed by atoms with E-state index in [1.807, 2.05) is 24.0 Å². The quantitative estimate of drug-likeness (QED) is 0.778. The van der Waals surface area contributed by atoms with E-state index in [9.17, 15) is 13.6 Å². The van der Waals surface area contributed by atoms with E-state index >= 15 is 0 Å². The maximum atomic E-state index is 12.4. The molecule has 0 bridgehead atoms. The number of nitrogens with one attached hydrogen (secondary N) is 1. The SMILES string of the molecule is C[C@@H](c1ccc(Cl)cc1)N(C)CC(=O)Nc1ccccc1OC(F)F. The first-order valence-electron chi connectivity index (χ1n) is 7.66. The Balaban J connectivity index is 1.99. The average molecular weight is 369 g/mol. The third-order valence-electron chi connectivity index (χ3n) is 3.78. The summed E-state index contributed by atoms with van der Waals surface area (Å²) < 4.78 is 29.2. The molecule has 2 aromatic rings. The van der Waals surface area contributed by atoms with E-state index in [4.69, 9.17) is 11.6 Å². The van der Waals surface area contributed by atoms with Crippen molar-refractivity contribution in [3.8, 4) is 5.75 Å². The number of halogens is 3. The van der Waals surface area contributed by atoms with Crippen molar-refractivity contribution < 1.29 is 18.3 Å². The van der Waals surface area contributed by atoms with Crippen molar-refractivity contribution in [1.29, 1.82) is 0 Å². The fraction of sp³-hybridized carbons (Fsp3) is 0.278. The Bertz CT molecular complexity index is 710. The zero-order valence-corrected chi connectivity index (χ0v) is 14.6. The second-order valence-corrected chi connectivity index (χ2v) is 6.00. The molecule has 0 unspecified atom stereocenters. The summed E-state index contributed by atoms with van der Waals surface area (Å²) in [5.41, 5.74) is 1.22. The van der Waals surface area contributed by atoms with Gasteiger partial charge in [0.2, 0.25) is 5.91 Å². The van der Waals surface area contributed by atoms with Gasteiger partial charge in [-0.15, -0.1) is 0 Å². The summed E-state index contributed by atoms with van der Waals surface area (Å²) in [7, 11) is 1.81. The van der Waals surface area contributed by atoms with Gasteiger partial charge in [-0.2, -0.15) is 8.78 Å². The smallest absolute Gasteiger partial charge is 0.387 e. The van der Waals surface area contributed by atoms with Crippen LogP contribution in [0.25, 0.3) is 0 Å². The van der Waals surface area contributed by atoms with Crippen LogP contribution in [0.2, 0.25) is 5.02 Å². The number of benzene rings is 2. The standard InChI is InChI=1S/C18H19ClF2N2O2/c1-12(13-7-9-14(19)10-8-13)23(2)11-17(24)22-15-5-3-4-6-16(15)25-18(20)21/h3-10,12,18H,11H2,1-2H3,(H,22,24)/t12-/m0/s1. The van der Waals surface area contributed by atoms with Crippen molar-refractivity contribution in [2.24, 2.45) is 0 Å². The molecule has 1 amide bonds. The molecule has 4 nitrogen and oxygen atoms in total. The molecular weight excluding hydrogens is 350 g/mol. The van der Waals surface area contributed by atoms with Gasteiger partial charge in [-0.25, -0.2) is 0 Å². The van der Waals surface area contributed by atoms with Crippen molar-refractivity contribution >= 4 is 23.2 Å². The highest BCUT2D eigenvalue weighted by Crippen LogP contribution is 2.26. The molecule has 0 fully saturated rings. The van der Waals surface area contributed by atoms with Crippen LogP contribution in [0, 0.1) is 0 Å². The molecule has 0 saturated heterocycles. The summed E-state index contributed by atoms with van der Waals surface area (Å²) in [4.78, 5) is 14.1. The Kier molecular flexibility index (Phi) is 6.73. The first-order chi connectivity index (χ1) is 11.9. The van der Waals surface area contributed by atoms with Crippen LogP contribution in [0.3, 0.4) is 0 Å². The summed E-state index contributed by atoms with van der Waals surface area (Å²) in [6, 6.07) is 13.4. The van der Waals surface area contributed by atoms with Crippen molar-refractivity contribution in [3.63, 3.8) is 0 Å². The van der Waals surface area contributed by atoms with Gasteiger partial charge in [-0.05, 0) is 43.8 Å². The van der Waals surface area contributed by atoms with Crippen molar-refractivity contribution in [2.75, 3.05) is 18.9 Å². The third-order valence-corrected chi connectivity index (χ3v) is 4.04. The number of hydrogen-bond acceptors (Lipinski definition) is 3. The lowest BCUT2D eigenvalue weighted by molar-refractivity contribution is -0.117. The average Bonchev–Trinajstić information content (AvgIpc) is 2.56. The molecule has 25 heavy (non-hydrogen) atoms. The molecule has 2 aromatic carbocycles. The molecule has 2 rings (SSSR count). The number of likely N-dealkylation sites (N-methyl/N-ethyl adjacent to an activating group) is 1. The second kappa shape index (κ2) is 8.78. The number of carbonyl (C=O) groups excluding carboxylic acids is 1. The number of alkyl halides is 2. The number of para-hydroxylation sites is 2. The first kappa shape index (κ1) is 19.1. The number of amides is 1. The lowest BCUT2D eigenvalue weighted by Gasteiger charge is -2.24. The number of ether oxygens (including phenoxy) is 1. The zero-order valence-electron chi connectivity index (χ0n) is 13.9. The molecule has 7 heteroatoms. The minimum absolute atomic E-state index is 0.0180. The Morgan fingerprint density at radius 2 is 1.84 bits per heavy atom. The minimum Gasteiger partial charge on any atom is -0.433 e. The van der Waals surface area contributed by atoms with Gasteiger partial charge in [0, 0.05) is 11.1 Å². The van der Waals surface area contributed by atoms with Crippen LogP contribution < -0.4 is 10.1 Å². The zero-order chi connectivity index (χ0) is 18.4. The number of nitrogens with zero attached hydrogens (tertiary/aromatic N) is 1. The fourth-order valence-corrected chi connectivity index (χ4v) is 2.44. The van der Waals surface area contributed by atoms with Crippen molar-refractivity contribution in [1.82, 2.24) is 4.90 Å². The van der Waals surface area contributed by atoms with Gasteiger partial charge >= 0.3 is 6.61 Å². The van der Waals surface area contributed by atoms with E-state index in [0.717, 1.165) is 5.56 Å². The molecule has 0 aliphatic heterocycles. The summed E-state index contributed by atoms with van der Waals surface area (Å²) in [6.45, 7) is -0.900. The van der Waals surface area contributed by atoms with Gasteiger partial charge in [0.1, 0.15) is 5.75 Å². The molecule has 0 heterocycles. The third kappa shape index (κ3) is 5.69. The number of carbonyl (C=O) groups is 1. The van der Waals surface area contributed by atoms with E-state index < -0.39 is 6.61 Å². The second-order valence-electron chi connectivity index (χ2n) is 5.57. The first-order valence-corrected chi connectivity index (χ1v) is 8.04. The Morgan fingerprint density at radius 3 is 2.48 bits per heavy atom. The van der Waals surface area contributed by atoms with E-state index in [0.29, 0.717) is 5.02 Å². The summed E-state index contributed by atoms with van der Waals surface area (Å²) in [5, 5.41) is 3.25. The number of rotatable bonds is 7. The topological polar surface area (TPSA) is 41.6 Å². The van der Waals surface area contributed by atoms with E-state index in [1.54, 1.807) is 31.3 Å². The lowest BCUT2D eigenvalue weighted by atomic mass is 10.1. The van der Waals surface area contributed by atoms with E-state index in [2.05, 4.69) is 10.1 Å². The van der Waals surface area contributed by atoms with Crippen LogP contribution in [0.4, 0.5) is 14.5 Å². The maximum absolute atomic E-state index is 12.4. The fourth-order valence-electron chi connectivity index (χ4n) is 2.32. The van der Waals surface area contributed by atoms with Gasteiger partial charge in [0.05, 0.1) is 12.2 Å². The van der Waals surface area contributed by atoms with Crippen LogP contribution in [0.15, 0.2) is 48.5 Å². The Morgan fingerprint density at radius 1 is 1.20 bits per heavy atom. The van der Waals surface area contributed by atoms with Crippen LogP contribution in [0.5, 0.6) is 5.75 Å². The predicted molar refractivity (Wildman–Crippen MR) is 94.2 cm³/mol. The summed E-state index contributed by atoms with van der Waals surface area (Å²) >= 11 is 5.88. The Hall–Kier alpha value is -2.18. The molecule has 0 radical (unpaired) electrons. The normalized spacial score (nSPS) is 12.3. The molecule has 0 saturated carbocycles. The van der Waals surface area contributed by atoms with Gasteiger partial charge in [-0.1, -0.05) is 35.9 Å². The molecule has 1 atom stereocenters. The van der Waals surface area contributed by atoms with Gasteiger partial charge in [0.25, 0.3) is 0 Å². The van der Waals surface area contributed by atoms with Crippen molar-refractivity contribution in [3.05, 3.63) is 59.1 Å². The molecule has 134 valence electrons. The largest absolute Gasteiger partial charge is 0.433 e. The lowest BCUT2D eigenvalue weighted by Crippen LogP contribution is -2.32.